The molecule has 0 aliphatic carbocycles. The molecule has 1 atom stereocenters. The third-order valence-corrected chi connectivity index (χ3v) is 4.09. The summed E-state index contributed by atoms with van der Waals surface area (Å²) >= 11 is 0. The molecule has 2 aromatic rings. The fourth-order valence-electron chi connectivity index (χ4n) is 2.83. The molecule has 0 bridgehead atoms. The van der Waals surface area contributed by atoms with Crippen LogP contribution in [0.4, 0.5) is 13.6 Å². The number of urea groups is 1. The van der Waals surface area contributed by atoms with Gasteiger partial charge in [-0.2, -0.15) is 5.10 Å². The zero-order valence-electron chi connectivity index (χ0n) is 14.1. The Bertz CT molecular complexity index is 832. The lowest BCUT2D eigenvalue weighted by Crippen LogP contribution is -2.45. The lowest BCUT2D eigenvalue weighted by Gasteiger charge is -2.29. The average molecular weight is 347 g/mol. The van der Waals surface area contributed by atoms with Crippen molar-refractivity contribution in [1.82, 2.24) is 25.0 Å². The van der Waals surface area contributed by atoms with E-state index in [0.717, 1.165) is 18.0 Å². The first-order valence-corrected chi connectivity index (χ1v) is 7.91. The summed E-state index contributed by atoms with van der Waals surface area (Å²) in [5.74, 6) is -0.502. The van der Waals surface area contributed by atoms with Crippen LogP contribution in [0.1, 0.15) is 30.2 Å². The van der Waals surface area contributed by atoms with Gasteiger partial charge >= 0.3 is 6.03 Å². The van der Waals surface area contributed by atoms with Crippen LogP contribution in [0.2, 0.25) is 0 Å². The van der Waals surface area contributed by atoms with Crippen molar-refractivity contribution in [3.63, 3.8) is 0 Å². The number of nitrogens with zero attached hydrogens (tertiary/aromatic N) is 4. The fraction of sp³-hybridized carbons (Fsp3) is 0.353. The quantitative estimate of drug-likeness (QED) is 0.869. The van der Waals surface area contributed by atoms with Gasteiger partial charge in [0.2, 0.25) is 0 Å². The number of benzene rings is 1. The molecular formula is C17H19F2N5O. The highest BCUT2D eigenvalue weighted by Crippen LogP contribution is 2.23. The predicted molar refractivity (Wildman–Crippen MR) is 87.6 cm³/mol. The van der Waals surface area contributed by atoms with Gasteiger partial charge in [0, 0.05) is 6.54 Å². The van der Waals surface area contributed by atoms with Gasteiger partial charge in [0.1, 0.15) is 11.6 Å². The van der Waals surface area contributed by atoms with Gasteiger partial charge in [-0.25, -0.2) is 23.2 Å². The van der Waals surface area contributed by atoms with E-state index in [1.807, 2.05) is 0 Å². The number of fused-ring (bicyclic) bond motifs is 1. The van der Waals surface area contributed by atoms with Crippen LogP contribution in [0.15, 0.2) is 30.4 Å². The normalized spacial score (nSPS) is 14.8. The Balaban J connectivity index is 1.75. The third kappa shape index (κ3) is 3.52. The number of carbonyl (C=O) groups is 1. The number of hydrogen-bond donors (Lipinski definition) is 1. The molecular weight excluding hydrogens is 328 g/mol. The largest absolute Gasteiger partial charge is 0.327 e. The molecule has 3 rings (SSSR count). The maximum Gasteiger partial charge on any atom is 0.318 e. The number of aryl methyl sites for hydroxylation is 1. The molecule has 2 heterocycles. The lowest BCUT2D eigenvalue weighted by molar-refractivity contribution is 0.177. The summed E-state index contributed by atoms with van der Waals surface area (Å²) in [7, 11) is 0. The maximum atomic E-state index is 13.5. The Labute approximate surface area is 144 Å². The van der Waals surface area contributed by atoms with Gasteiger partial charge in [-0.1, -0.05) is 18.2 Å². The zero-order valence-corrected chi connectivity index (χ0v) is 14.1. The van der Waals surface area contributed by atoms with E-state index in [0.29, 0.717) is 36.6 Å². The molecule has 132 valence electrons. The van der Waals surface area contributed by atoms with E-state index in [-0.39, 0.29) is 6.03 Å². The highest BCUT2D eigenvalue weighted by atomic mass is 19.2. The monoisotopic (exact) mass is 347 g/mol. The average Bonchev–Trinajstić information content (AvgIpc) is 2.93. The van der Waals surface area contributed by atoms with Crippen LogP contribution in [-0.2, 0) is 13.1 Å². The second kappa shape index (κ2) is 6.62. The Morgan fingerprint density at radius 1 is 1.32 bits per heavy atom. The van der Waals surface area contributed by atoms with Crippen molar-refractivity contribution in [2.75, 3.05) is 6.54 Å². The Kier molecular flexibility index (Phi) is 4.52. The van der Waals surface area contributed by atoms with Crippen LogP contribution in [0.25, 0.3) is 0 Å². The van der Waals surface area contributed by atoms with Crippen molar-refractivity contribution in [3.05, 3.63) is 59.2 Å². The first kappa shape index (κ1) is 17.1. The summed E-state index contributed by atoms with van der Waals surface area (Å²) in [4.78, 5) is 18.5. The van der Waals surface area contributed by atoms with Crippen LogP contribution in [0.5, 0.6) is 0 Å². The van der Waals surface area contributed by atoms with E-state index in [2.05, 4.69) is 22.0 Å². The van der Waals surface area contributed by atoms with Gasteiger partial charge in [0.05, 0.1) is 19.1 Å². The fourth-order valence-corrected chi connectivity index (χ4v) is 2.83. The number of rotatable bonds is 3. The first-order chi connectivity index (χ1) is 11.8. The summed E-state index contributed by atoms with van der Waals surface area (Å²) in [5, 5.41) is 7.08. The van der Waals surface area contributed by atoms with Crippen molar-refractivity contribution in [1.29, 1.82) is 0 Å². The van der Waals surface area contributed by atoms with Gasteiger partial charge < -0.3 is 10.2 Å². The molecule has 0 fully saturated rings. The second-order valence-electron chi connectivity index (χ2n) is 6.12. The molecule has 1 N–H and O–H groups in total. The van der Waals surface area contributed by atoms with Crippen LogP contribution in [0.3, 0.4) is 0 Å². The van der Waals surface area contributed by atoms with Crippen molar-refractivity contribution >= 4 is 6.03 Å². The summed E-state index contributed by atoms with van der Waals surface area (Å²) in [6.07, 6.45) is 0. The molecule has 1 aromatic heterocycles. The minimum atomic E-state index is -0.959. The molecule has 0 saturated carbocycles. The summed E-state index contributed by atoms with van der Waals surface area (Å²) < 4.78 is 28.5. The highest BCUT2D eigenvalue weighted by Gasteiger charge is 2.25. The van der Waals surface area contributed by atoms with Gasteiger partial charge in [-0.05, 0) is 31.5 Å². The minimum absolute atomic E-state index is 0.315. The standard InChI is InChI=1S/C17H19F2N5O/c1-10(2)16(12-4-5-13(18)14(19)8-12)21-17(25)23-6-7-24-15(9-23)20-11(3)22-24/h4-5,8,16H,1,6-7,9H2,2-3H3,(H,21,25)/t16-/m1/s1. The molecule has 0 unspecified atom stereocenters. The van der Waals surface area contributed by atoms with E-state index in [9.17, 15) is 13.6 Å². The van der Waals surface area contributed by atoms with Crippen LogP contribution in [0, 0.1) is 18.6 Å². The summed E-state index contributed by atoms with van der Waals surface area (Å²) in [6.45, 7) is 8.76. The number of hydrogen-bond acceptors (Lipinski definition) is 3. The minimum Gasteiger partial charge on any atom is -0.327 e. The highest BCUT2D eigenvalue weighted by molar-refractivity contribution is 5.75. The predicted octanol–water partition coefficient (Wildman–Crippen LogP) is 2.71. The van der Waals surface area contributed by atoms with Crippen LogP contribution >= 0.6 is 0 Å². The zero-order chi connectivity index (χ0) is 18.1. The number of aromatic nitrogens is 3. The molecule has 1 aromatic carbocycles. The summed E-state index contributed by atoms with van der Waals surface area (Å²) in [6, 6.07) is 2.63. The van der Waals surface area contributed by atoms with E-state index in [1.54, 1.807) is 23.4 Å². The second-order valence-corrected chi connectivity index (χ2v) is 6.12. The smallest absolute Gasteiger partial charge is 0.318 e. The molecule has 1 aliphatic rings. The third-order valence-electron chi connectivity index (χ3n) is 4.09. The lowest BCUT2D eigenvalue weighted by atomic mass is 10.0. The van der Waals surface area contributed by atoms with Gasteiger partial charge in [0.25, 0.3) is 0 Å². The van der Waals surface area contributed by atoms with Crippen LogP contribution < -0.4 is 5.32 Å². The van der Waals surface area contributed by atoms with Gasteiger partial charge in [-0.15, -0.1) is 0 Å². The molecule has 0 spiro atoms. The molecule has 1 aliphatic heterocycles. The van der Waals surface area contributed by atoms with E-state index < -0.39 is 17.7 Å². The van der Waals surface area contributed by atoms with E-state index in [4.69, 9.17) is 0 Å². The Hall–Kier alpha value is -2.77. The SMILES string of the molecule is C=C(C)[C@@H](NC(=O)N1CCn2nc(C)nc2C1)c1ccc(F)c(F)c1. The van der Waals surface area contributed by atoms with Gasteiger partial charge in [0.15, 0.2) is 11.6 Å². The number of halogens is 2. The molecule has 0 saturated heterocycles. The topological polar surface area (TPSA) is 63.1 Å². The van der Waals surface area contributed by atoms with Crippen molar-refractivity contribution in [2.45, 2.75) is 33.0 Å². The summed E-state index contributed by atoms with van der Waals surface area (Å²) in [5.41, 5.74) is 1.06. The van der Waals surface area contributed by atoms with Crippen molar-refractivity contribution in [2.24, 2.45) is 0 Å². The van der Waals surface area contributed by atoms with Crippen molar-refractivity contribution < 1.29 is 13.6 Å². The first-order valence-electron chi connectivity index (χ1n) is 7.91. The Morgan fingerprint density at radius 2 is 2.08 bits per heavy atom. The van der Waals surface area contributed by atoms with Crippen LogP contribution in [-0.4, -0.2) is 32.2 Å². The maximum absolute atomic E-state index is 13.5. The van der Waals surface area contributed by atoms with E-state index in [1.165, 1.54) is 6.07 Å². The number of amides is 2. The molecule has 0 radical (unpaired) electrons. The Morgan fingerprint density at radius 3 is 2.76 bits per heavy atom. The molecule has 8 heteroatoms. The molecule has 25 heavy (non-hydrogen) atoms. The number of carbonyl (C=O) groups excluding carboxylic acids is 1. The molecule has 6 nitrogen and oxygen atoms in total. The van der Waals surface area contributed by atoms with Gasteiger partial charge in [-0.3, -0.25) is 0 Å². The molecule has 2 amide bonds. The van der Waals surface area contributed by atoms with Crippen molar-refractivity contribution in [3.8, 4) is 0 Å². The van der Waals surface area contributed by atoms with E-state index >= 15 is 0 Å². The number of nitrogens with one attached hydrogen (secondary N) is 1.